The third kappa shape index (κ3) is 4.84. The molecule has 12 heteroatoms. The SMILES string of the molecule is CCOc1ccc(-c2ccc(/C=C(/C#N)C(=O)Nc3nnc(-c4ccco4)s3)o2)c([N+](=O)[O-])c1. The van der Waals surface area contributed by atoms with Crippen LogP contribution in [0.4, 0.5) is 10.8 Å². The molecule has 170 valence electrons. The van der Waals surface area contributed by atoms with Gasteiger partial charge in [0.25, 0.3) is 11.6 Å². The van der Waals surface area contributed by atoms with Crippen LogP contribution in [0.3, 0.4) is 0 Å². The molecule has 0 spiro atoms. The Morgan fingerprint density at radius 1 is 1.29 bits per heavy atom. The summed E-state index contributed by atoms with van der Waals surface area (Å²) in [6.45, 7) is 2.14. The van der Waals surface area contributed by atoms with E-state index in [1.165, 1.54) is 36.6 Å². The third-order valence-electron chi connectivity index (χ3n) is 4.40. The van der Waals surface area contributed by atoms with Gasteiger partial charge in [-0.1, -0.05) is 11.3 Å². The van der Waals surface area contributed by atoms with Gasteiger partial charge in [-0.3, -0.25) is 20.2 Å². The first-order valence-electron chi connectivity index (χ1n) is 9.80. The molecule has 0 fully saturated rings. The molecule has 0 unspecified atom stereocenters. The number of hydrogen-bond donors (Lipinski definition) is 1. The molecule has 1 amide bonds. The molecule has 0 atom stereocenters. The molecule has 0 aliphatic carbocycles. The molecular formula is C22H15N5O6S. The van der Waals surface area contributed by atoms with Crippen molar-refractivity contribution in [3.8, 4) is 33.9 Å². The van der Waals surface area contributed by atoms with Crippen molar-refractivity contribution in [2.24, 2.45) is 0 Å². The highest BCUT2D eigenvalue weighted by atomic mass is 32.1. The number of rotatable bonds is 8. The number of ether oxygens (including phenoxy) is 1. The lowest BCUT2D eigenvalue weighted by Crippen LogP contribution is -2.13. The number of nitro groups is 1. The summed E-state index contributed by atoms with van der Waals surface area (Å²) in [7, 11) is 0. The predicted octanol–water partition coefficient (Wildman–Crippen LogP) is 4.91. The first-order chi connectivity index (χ1) is 16.5. The van der Waals surface area contributed by atoms with Crippen LogP contribution < -0.4 is 10.1 Å². The molecule has 3 aromatic heterocycles. The number of furan rings is 2. The maximum absolute atomic E-state index is 12.5. The van der Waals surface area contributed by atoms with Crippen LogP contribution in [-0.2, 0) is 4.79 Å². The second-order valence-corrected chi connectivity index (χ2v) is 7.56. The zero-order valence-electron chi connectivity index (χ0n) is 17.5. The third-order valence-corrected chi connectivity index (χ3v) is 5.25. The van der Waals surface area contributed by atoms with E-state index < -0.39 is 10.8 Å². The summed E-state index contributed by atoms with van der Waals surface area (Å²) in [6.07, 6.45) is 2.72. The molecule has 4 aromatic rings. The van der Waals surface area contributed by atoms with Crippen LogP contribution in [0.25, 0.3) is 28.2 Å². The van der Waals surface area contributed by atoms with Gasteiger partial charge in [-0.2, -0.15) is 5.26 Å². The Kier molecular flexibility index (Phi) is 6.47. The minimum Gasteiger partial charge on any atom is -0.494 e. The van der Waals surface area contributed by atoms with Crippen molar-refractivity contribution in [1.82, 2.24) is 10.2 Å². The Morgan fingerprint density at radius 3 is 2.85 bits per heavy atom. The number of nitro benzene ring substituents is 1. The fourth-order valence-corrected chi connectivity index (χ4v) is 3.64. The monoisotopic (exact) mass is 477 g/mol. The lowest BCUT2D eigenvalue weighted by molar-refractivity contribution is -0.384. The highest BCUT2D eigenvalue weighted by Gasteiger charge is 2.20. The van der Waals surface area contributed by atoms with Gasteiger partial charge in [0.15, 0.2) is 10.8 Å². The fraction of sp³-hybridized carbons (Fsp3) is 0.0909. The molecule has 1 N–H and O–H groups in total. The Bertz CT molecular complexity index is 1410. The van der Waals surface area contributed by atoms with E-state index in [1.54, 1.807) is 25.1 Å². The molecule has 0 aliphatic rings. The number of nitriles is 1. The summed E-state index contributed by atoms with van der Waals surface area (Å²) in [5.41, 5.74) is -0.218. The summed E-state index contributed by atoms with van der Waals surface area (Å²) in [5.74, 6) is 0.513. The zero-order chi connectivity index (χ0) is 24.1. The molecule has 0 bridgehead atoms. The average Bonchev–Trinajstić information content (AvgIpc) is 3.59. The van der Waals surface area contributed by atoms with Crippen molar-refractivity contribution < 1.29 is 23.3 Å². The lowest BCUT2D eigenvalue weighted by atomic mass is 10.1. The fourth-order valence-electron chi connectivity index (χ4n) is 2.93. The minimum absolute atomic E-state index is 0.165. The molecule has 1 aromatic carbocycles. The van der Waals surface area contributed by atoms with Gasteiger partial charge >= 0.3 is 0 Å². The summed E-state index contributed by atoms with van der Waals surface area (Å²) in [6, 6.07) is 12.6. The highest BCUT2D eigenvalue weighted by Crippen LogP contribution is 2.34. The van der Waals surface area contributed by atoms with E-state index in [0.29, 0.717) is 23.1 Å². The minimum atomic E-state index is -0.713. The summed E-state index contributed by atoms with van der Waals surface area (Å²) < 4.78 is 16.2. The number of hydrogen-bond acceptors (Lipinski definition) is 10. The van der Waals surface area contributed by atoms with Crippen LogP contribution >= 0.6 is 11.3 Å². The average molecular weight is 477 g/mol. The second kappa shape index (κ2) is 9.80. The van der Waals surface area contributed by atoms with Crippen LogP contribution in [0, 0.1) is 21.4 Å². The van der Waals surface area contributed by atoms with Crippen molar-refractivity contribution >= 4 is 34.1 Å². The smallest absolute Gasteiger partial charge is 0.284 e. The van der Waals surface area contributed by atoms with Gasteiger partial charge in [-0.25, -0.2) is 0 Å². The second-order valence-electron chi connectivity index (χ2n) is 6.58. The molecule has 4 rings (SSSR count). The number of anilines is 1. The van der Waals surface area contributed by atoms with E-state index in [1.807, 2.05) is 6.07 Å². The van der Waals surface area contributed by atoms with E-state index in [-0.39, 0.29) is 33.5 Å². The number of nitrogens with zero attached hydrogens (tertiary/aromatic N) is 4. The predicted molar refractivity (Wildman–Crippen MR) is 122 cm³/mol. The zero-order valence-corrected chi connectivity index (χ0v) is 18.4. The molecule has 3 heterocycles. The van der Waals surface area contributed by atoms with Gasteiger partial charge in [0.05, 0.1) is 29.4 Å². The number of nitrogens with one attached hydrogen (secondary N) is 1. The maximum Gasteiger partial charge on any atom is 0.284 e. The van der Waals surface area contributed by atoms with Gasteiger partial charge < -0.3 is 13.6 Å². The Balaban J connectivity index is 1.54. The van der Waals surface area contributed by atoms with Gasteiger partial charge in [-0.15, -0.1) is 10.2 Å². The first kappa shape index (κ1) is 22.4. The number of amides is 1. The van der Waals surface area contributed by atoms with E-state index in [0.717, 1.165) is 11.3 Å². The van der Waals surface area contributed by atoms with Crippen molar-refractivity contribution in [1.29, 1.82) is 5.26 Å². The highest BCUT2D eigenvalue weighted by molar-refractivity contribution is 7.18. The number of carbonyl (C=O) groups is 1. The topological polar surface area (TPSA) is 157 Å². The number of benzene rings is 1. The standard InChI is InChI=1S/C22H15N5O6S/c1-2-31-14-5-7-16(17(11-14)27(29)30)18-8-6-15(33-18)10-13(12-23)20(28)24-22-26-25-21(34-22)19-4-3-9-32-19/h3-11H,2H2,1H3,(H,24,26,28)/b13-10-. The van der Waals surface area contributed by atoms with Crippen LogP contribution in [-0.4, -0.2) is 27.6 Å². The quantitative estimate of drug-likeness (QED) is 0.161. The van der Waals surface area contributed by atoms with Crippen LogP contribution in [0.5, 0.6) is 5.75 Å². The van der Waals surface area contributed by atoms with E-state index in [2.05, 4.69) is 15.5 Å². The maximum atomic E-state index is 12.5. The van der Waals surface area contributed by atoms with E-state index in [4.69, 9.17) is 13.6 Å². The Morgan fingerprint density at radius 2 is 2.15 bits per heavy atom. The van der Waals surface area contributed by atoms with Crippen LogP contribution in [0.2, 0.25) is 0 Å². The van der Waals surface area contributed by atoms with E-state index >= 15 is 0 Å². The summed E-state index contributed by atoms with van der Waals surface area (Å²) in [4.78, 5) is 23.5. The molecule has 34 heavy (non-hydrogen) atoms. The van der Waals surface area contributed by atoms with Crippen LogP contribution in [0.1, 0.15) is 12.7 Å². The van der Waals surface area contributed by atoms with Crippen molar-refractivity contribution in [2.75, 3.05) is 11.9 Å². The van der Waals surface area contributed by atoms with Gasteiger partial charge in [0.1, 0.15) is 28.9 Å². The first-order valence-corrected chi connectivity index (χ1v) is 10.6. The van der Waals surface area contributed by atoms with Gasteiger partial charge in [-0.05, 0) is 43.3 Å². The largest absolute Gasteiger partial charge is 0.494 e. The van der Waals surface area contributed by atoms with Gasteiger partial charge in [0.2, 0.25) is 5.13 Å². The summed E-state index contributed by atoms with van der Waals surface area (Å²) >= 11 is 1.08. The van der Waals surface area contributed by atoms with Crippen LogP contribution in [0.15, 0.2) is 63.1 Å². The van der Waals surface area contributed by atoms with Crippen molar-refractivity contribution in [2.45, 2.75) is 6.92 Å². The molecular weight excluding hydrogens is 462 g/mol. The Hall–Kier alpha value is -4.76. The molecule has 11 nitrogen and oxygen atoms in total. The number of aromatic nitrogens is 2. The molecule has 0 aliphatic heterocycles. The number of carbonyl (C=O) groups excluding carboxylic acids is 1. The van der Waals surface area contributed by atoms with Crippen molar-refractivity contribution in [3.63, 3.8) is 0 Å². The Labute approximate surface area is 196 Å². The van der Waals surface area contributed by atoms with Crippen molar-refractivity contribution in [3.05, 3.63) is 70.2 Å². The molecule has 0 saturated carbocycles. The molecule has 0 radical (unpaired) electrons. The van der Waals surface area contributed by atoms with E-state index in [9.17, 15) is 20.2 Å². The summed E-state index contributed by atoms with van der Waals surface area (Å²) in [5, 5.41) is 31.9. The lowest BCUT2D eigenvalue weighted by Gasteiger charge is -2.05. The molecule has 0 saturated heterocycles. The normalized spacial score (nSPS) is 11.1. The van der Waals surface area contributed by atoms with Gasteiger partial charge in [0, 0.05) is 6.08 Å².